The minimum atomic E-state index is -0.694. The lowest BCUT2D eigenvalue weighted by atomic mass is 9.90. The molecule has 1 atom stereocenters. The third-order valence-electron chi connectivity index (χ3n) is 1.73. The number of aliphatic hydroxyl groups is 1. The van der Waals surface area contributed by atoms with Gasteiger partial charge in [0.15, 0.2) is 0 Å². The molecule has 0 radical (unpaired) electrons. The first-order valence-corrected chi connectivity index (χ1v) is 2.90. The van der Waals surface area contributed by atoms with Crippen LogP contribution in [0.25, 0.3) is 0 Å². The van der Waals surface area contributed by atoms with Gasteiger partial charge in [0.1, 0.15) is 12.7 Å². The van der Waals surface area contributed by atoms with E-state index in [1.165, 1.54) is 0 Å². The van der Waals surface area contributed by atoms with Crippen LogP contribution < -0.4 is 0 Å². The van der Waals surface area contributed by atoms with Crippen LogP contribution >= 0.6 is 0 Å². The molecule has 0 aromatic heterocycles. The van der Waals surface area contributed by atoms with Crippen LogP contribution in [0.4, 0.5) is 0 Å². The van der Waals surface area contributed by atoms with Gasteiger partial charge in [0.25, 0.3) is 0 Å². The molecule has 0 amide bonds. The van der Waals surface area contributed by atoms with E-state index in [-0.39, 0.29) is 12.6 Å². The van der Waals surface area contributed by atoms with Crippen molar-refractivity contribution >= 4 is 5.97 Å². The van der Waals surface area contributed by atoms with Gasteiger partial charge < -0.3 is 9.84 Å². The fourth-order valence-electron chi connectivity index (χ4n) is 0.685. The molecule has 0 bridgehead atoms. The molecule has 1 fully saturated rings. The average molecular weight is 130 g/mol. The van der Waals surface area contributed by atoms with E-state index in [1.54, 1.807) is 13.8 Å². The molecule has 0 aromatic rings. The van der Waals surface area contributed by atoms with Crippen molar-refractivity contribution in [1.82, 2.24) is 0 Å². The largest absolute Gasteiger partial charge is 0.462 e. The Labute approximate surface area is 53.6 Å². The van der Waals surface area contributed by atoms with E-state index in [0.717, 1.165) is 0 Å². The molecule has 1 unspecified atom stereocenters. The lowest BCUT2D eigenvalue weighted by Gasteiger charge is -2.14. The van der Waals surface area contributed by atoms with Crippen molar-refractivity contribution in [3.05, 3.63) is 0 Å². The van der Waals surface area contributed by atoms with Gasteiger partial charge in [0, 0.05) is 0 Å². The summed E-state index contributed by atoms with van der Waals surface area (Å²) < 4.78 is 4.59. The Morgan fingerprint density at radius 3 is 2.44 bits per heavy atom. The highest BCUT2D eigenvalue weighted by Gasteiger charge is 2.43. The summed E-state index contributed by atoms with van der Waals surface area (Å²) in [6.45, 7) is 3.49. The summed E-state index contributed by atoms with van der Waals surface area (Å²) in [4.78, 5) is 10.7. The second kappa shape index (κ2) is 1.70. The smallest absolute Gasteiger partial charge is 0.314 e. The van der Waals surface area contributed by atoms with Crippen molar-refractivity contribution in [3.63, 3.8) is 0 Å². The third-order valence-corrected chi connectivity index (χ3v) is 1.73. The van der Waals surface area contributed by atoms with Crippen LogP contribution in [-0.4, -0.2) is 23.8 Å². The van der Waals surface area contributed by atoms with Gasteiger partial charge in [0.2, 0.25) is 0 Å². The van der Waals surface area contributed by atoms with Crippen molar-refractivity contribution < 1.29 is 14.6 Å². The number of hydrogen-bond donors (Lipinski definition) is 1. The van der Waals surface area contributed by atoms with Crippen LogP contribution in [0.3, 0.4) is 0 Å². The van der Waals surface area contributed by atoms with Crippen molar-refractivity contribution in [3.8, 4) is 0 Å². The molecule has 52 valence electrons. The highest BCUT2D eigenvalue weighted by molar-refractivity contribution is 5.78. The molecule has 1 heterocycles. The number of carbonyl (C=O) groups excluding carboxylic acids is 1. The summed E-state index contributed by atoms with van der Waals surface area (Å²) in [5.74, 6) is -0.310. The molecule has 0 saturated carbocycles. The van der Waals surface area contributed by atoms with Crippen LogP contribution in [0.15, 0.2) is 0 Å². The van der Waals surface area contributed by atoms with Gasteiger partial charge in [-0.15, -0.1) is 0 Å². The van der Waals surface area contributed by atoms with Gasteiger partial charge in [0.05, 0.1) is 5.41 Å². The van der Waals surface area contributed by atoms with E-state index >= 15 is 0 Å². The quantitative estimate of drug-likeness (QED) is 0.467. The second-order valence-corrected chi connectivity index (χ2v) is 2.84. The molecule has 0 spiro atoms. The normalized spacial score (nSPS) is 32.3. The Morgan fingerprint density at radius 1 is 1.78 bits per heavy atom. The van der Waals surface area contributed by atoms with Gasteiger partial charge >= 0.3 is 5.97 Å². The second-order valence-electron chi connectivity index (χ2n) is 2.84. The maximum absolute atomic E-state index is 10.7. The molecule has 1 rings (SSSR count). The summed E-state index contributed by atoms with van der Waals surface area (Å²) in [6, 6.07) is 0. The molecule has 0 aliphatic carbocycles. The Kier molecular flexibility index (Phi) is 1.24. The van der Waals surface area contributed by atoms with Gasteiger partial charge in [-0.25, -0.2) is 0 Å². The van der Waals surface area contributed by atoms with Gasteiger partial charge in [-0.05, 0) is 13.8 Å². The van der Waals surface area contributed by atoms with Gasteiger partial charge in [-0.3, -0.25) is 4.79 Å². The van der Waals surface area contributed by atoms with Gasteiger partial charge in [-0.2, -0.15) is 0 Å². The highest BCUT2D eigenvalue weighted by Crippen LogP contribution is 2.28. The predicted octanol–water partition coefficient (Wildman–Crippen LogP) is -0.0697. The van der Waals surface area contributed by atoms with Crippen LogP contribution in [0.1, 0.15) is 13.8 Å². The zero-order chi connectivity index (χ0) is 7.07. The number of ether oxygens (including phenoxy) is 1. The minimum Gasteiger partial charge on any atom is -0.462 e. The Hall–Kier alpha value is -0.570. The Balaban J connectivity index is 2.78. The summed E-state index contributed by atoms with van der Waals surface area (Å²) in [5, 5.41) is 9.08. The Bertz CT molecular complexity index is 139. The van der Waals surface area contributed by atoms with Crippen molar-refractivity contribution in [2.24, 2.45) is 5.41 Å². The van der Waals surface area contributed by atoms with Crippen LogP contribution in [0, 0.1) is 5.41 Å². The highest BCUT2D eigenvalue weighted by atomic mass is 16.6. The predicted molar refractivity (Wildman–Crippen MR) is 30.7 cm³/mol. The number of carbonyl (C=O) groups is 1. The first-order valence-electron chi connectivity index (χ1n) is 2.90. The summed E-state index contributed by atoms with van der Waals surface area (Å²) in [5.41, 5.74) is -0.694. The molecule has 0 aromatic carbocycles. The number of esters is 1. The molecule has 1 aliphatic rings. The zero-order valence-electron chi connectivity index (χ0n) is 5.55. The number of cyclic esters (lactones) is 1. The van der Waals surface area contributed by atoms with E-state index < -0.39 is 11.5 Å². The van der Waals surface area contributed by atoms with Crippen LogP contribution in [0.2, 0.25) is 0 Å². The van der Waals surface area contributed by atoms with E-state index in [2.05, 4.69) is 4.74 Å². The van der Waals surface area contributed by atoms with Crippen LogP contribution in [-0.2, 0) is 9.53 Å². The van der Waals surface area contributed by atoms with E-state index in [0.29, 0.717) is 0 Å². The molecule has 1 N–H and O–H groups in total. The molecule has 1 saturated heterocycles. The third kappa shape index (κ3) is 0.812. The number of hydrogen-bond acceptors (Lipinski definition) is 3. The fraction of sp³-hybridized carbons (Fsp3) is 0.833. The SMILES string of the molecule is CC1(C)C(=O)OCC1O. The van der Waals surface area contributed by atoms with E-state index in [1.807, 2.05) is 0 Å². The molecule has 1 aliphatic heterocycles. The van der Waals surface area contributed by atoms with Gasteiger partial charge in [-0.1, -0.05) is 0 Å². The first-order chi connectivity index (χ1) is 4.05. The summed E-state index contributed by atoms with van der Waals surface area (Å²) in [6.07, 6.45) is -0.634. The van der Waals surface area contributed by atoms with Crippen molar-refractivity contribution in [2.75, 3.05) is 6.61 Å². The number of rotatable bonds is 0. The molecular formula is C6H10O3. The summed E-state index contributed by atoms with van der Waals surface area (Å²) in [7, 11) is 0. The Morgan fingerprint density at radius 2 is 2.33 bits per heavy atom. The maximum atomic E-state index is 10.7. The monoisotopic (exact) mass is 130 g/mol. The lowest BCUT2D eigenvalue weighted by molar-refractivity contribution is -0.145. The average Bonchev–Trinajstić information content (AvgIpc) is 1.96. The van der Waals surface area contributed by atoms with E-state index in [4.69, 9.17) is 5.11 Å². The van der Waals surface area contributed by atoms with Crippen molar-refractivity contribution in [1.29, 1.82) is 0 Å². The fourth-order valence-corrected chi connectivity index (χ4v) is 0.685. The van der Waals surface area contributed by atoms with Crippen LogP contribution in [0.5, 0.6) is 0 Å². The molecule has 9 heavy (non-hydrogen) atoms. The zero-order valence-corrected chi connectivity index (χ0v) is 5.55. The summed E-state index contributed by atoms with van der Waals surface area (Å²) >= 11 is 0. The first kappa shape index (κ1) is 6.55. The minimum absolute atomic E-state index is 0.145. The van der Waals surface area contributed by atoms with Crippen molar-refractivity contribution in [2.45, 2.75) is 20.0 Å². The topological polar surface area (TPSA) is 46.5 Å². The molecule has 3 heteroatoms. The molecule has 3 nitrogen and oxygen atoms in total. The standard InChI is InChI=1S/C6H10O3/c1-6(2)4(7)3-9-5(6)8/h4,7H,3H2,1-2H3. The molecular weight excluding hydrogens is 120 g/mol. The lowest BCUT2D eigenvalue weighted by Crippen LogP contribution is -2.29. The maximum Gasteiger partial charge on any atom is 0.314 e. The number of aliphatic hydroxyl groups excluding tert-OH is 1. The van der Waals surface area contributed by atoms with E-state index in [9.17, 15) is 4.79 Å².